The fourth-order valence-corrected chi connectivity index (χ4v) is 2.02. The molecule has 5 heteroatoms. The summed E-state index contributed by atoms with van der Waals surface area (Å²) in [6, 6.07) is 9.06. The second-order valence-electron chi connectivity index (χ2n) is 3.92. The fourth-order valence-electron chi connectivity index (χ4n) is 1.28. The van der Waals surface area contributed by atoms with Crippen LogP contribution in [0.1, 0.15) is 35.1 Å². The second kappa shape index (κ2) is 5.05. The molecular formula is C12H13N3OS. The van der Waals surface area contributed by atoms with E-state index in [1.807, 2.05) is 32.0 Å². The number of amides is 1. The first kappa shape index (κ1) is 11.7. The van der Waals surface area contributed by atoms with Gasteiger partial charge in [0.2, 0.25) is 5.13 Å². The molecule has 0 unspecified atom stereocenters. The van der Waals surface area contributed by atoms with Gasteiger partial charge in [-0.25, -0.2) is 0 Å². The number of benzene rings is 1. The van der Waals surface area contributed by atoms with E-state index in [-0.39, 0.29) is 5.91 Å². The molecule has 1 aromatic heterocycles. The maximum Gasteiger partial charge on any atom is 0.257 e. The normalized spacial score (nSPS) is 10.5. The van der Waals surface area contributed by atoms with E-state index in [0.717, 1.165) is 5.01 Å². The average Bonchev–Trinajstić information content (AvgIpc) is 2.79. The zero-order chi connectivity index (χ0) is 12.3. The third-order valence-corrected chi connectivity index (χ3v) is 3.33. The monoisotopic (exact) mass is 247 g/mol. The summed E-state index contributed by atoms with van der Waals surface area (Å²) >= 11 is 1.41. The molecule has 0 radical (unpaired) electrons. The minimum atomic E-state index is -0.156. The second-order valence-corrected chi connectivity index (χ2v) is 4.93. The summed E-state index contributed by atoms with van der Waals surface area (Å²) in [5.41, 5.74) is 0.619. The third kappa shape index (κ3) is 2.88. The van der Waals surface area contributed by atoms with Crippen molar-refractivity contribution in [3.63, 3.8) is 0 Å². The van der Waals surface area contributed by atoms with Crippen LogP contribution in [0.3, 0.4) is 0 Å². The van der Waals surface area contributed by atoms with Crippen LogP contribution in [-0.2, 0) is 0 Å². The number of hydrogen-bond acceptors (Lipinski definition) is 4. The Labute approximate surface area is 104 Å². The number of anilines is 1. The molecule has 1 N–H and O–H groups in total. The van der Waals surface area contributed by atoms with Gasteiger partial charge in [0.1, 0.15) is 5.01 Å². The van der Waals surface area contributed by atoms with Crippen molar-refractivity contribution >= 4 is 22.4 Å². The average molecular weight is 247 g/mol. The summed E-state index contributed by atoms with van der Waals surface area (Å²) < 4.78 is 0. The molecule has 1 amide bonds. The first-order valence-corrected chi connectivity index (χ1v) is 6.18. The van der Waals surface area contributed by atoms with Crippen molar-refractivity contribution in [3.05, 3.63) is 40.9 Å². The van der Waals surface area contributed by atoms with Gasteiger partial charge in [-0.1, -0.05) is 43.4 Å². The van der Waals surface area contributed by atoms with Gasteiger partial charge in [0, 0.05) is 11.5 Å². The van der Waals surface area contributed by atoms with Crippen LogP contribution in [0.25, 0.3) is 0 Å². The lowest BCUT2D eigenvalue weighted by atomic mass is 10.2. The maximum atomic E-state index is 11.8. The van der Waals surface area contributed by atoms with Crippen molar-refractivity contribution in [1.29, 1.82) is 0 Å². The summed E-state index contributed by atoms with van der Waals surface area (Å²) in [7, 11) is 0. The van der Waals surface area contributed by atoms with Gasteiger partial charge in [0.15, 0.2) is 0 Å². The number of hydrogen-bond donors (Lipinski definition) is 1. The van der Waals surface area contributed by atoms with E-state index in [4.69, 9.17) is 0 Å². The summed E-state index contributed by atoms with van der Waals surface area (Å²) in [5.74, 6) is 0.173. The lowest BCUT2D eigenvalue weighted by Crippen LogP contribution is -2.11. The molecule has 0 atom stereocenters. The molecule has 0 aliphatic rings. The summed E-state index contributed by atoms with van der Waals surface area (Å²) in [6.07, 6.45) is 0. The fraction of sp³-hybridized carbons (Fsp3) is 0.250. The summed E-state index contributed by atoms with van der Waals surface area (Å²) in [5, 5.41) is 12.2. The van der Waals surface area contributed by atoms with Gasteiger partial charge >= 0.3 is 0 Å². The molecule has 88 valence electrons. The Balaban J connectivity index is 2.08. The lowest BCUT2D eigenvalue weighted by molar-refractivity contribution is 0.102. The Kier molecular flexibility index (Phi) is 3.49. The van der Waals surface area contributed by atoms with Crippen LogP contribution in [-0.4, -0.2) is 16.1 Å². The highest BCUT2D eigenvalue weighted by Gasteiger charge is 2.11. The molecule has 1 aromatic carbocycles. The molecule has 0 fully saturated rings. The number of carbonyl (C=O) groups is 1. The highest BCUT2D eigenvalue weighted by atomic mass is 32.1. The van der Waals surface area contributed by atoms with Gasteiger partial charge in [-0.05, 0) is 12.1 Å². The number of rotatable bonds is 3. The Morgan fingerprint density at radius 1 is 1.24 bits per heavy atom. The van der Waals surface area contributed by atoms with Gasteiger partial charge in [0.05, 0.1) is 0 Å². The van der Waals surface area contributed by atoms with E-state index in [9.17, 15) is 4.79 Å². The molecule has 0 saturated heterocycles. The molecule has 0 bridgehead atoms. The highest BCUT2D eigenvalue weighted by Crippen LogP contribution is 2.22. The van der Waals surface area contributed by atoms with Crippen molar-refractivity contribution in [2.24, 2.45) is 0 Å². The van der Waals surface area contributed by atoms with E-state index in [2.05, 4.69) is 15.5 Å². The lowest BCUT2D eigenvalue weighted by Gasteiger charge is -2.00. The third-order valence-electron chi connectivity index (χ3n) is 2.19. The molecule has 2 aromatic rings. The van der Waals surface area contributed by atoms with E-state index < -0.39 is 0 Å². The summed E-state index contributed by atoms with van der Waals surface area (Å²) in [4.78, 5) is 11.8. The molecule has 17 heavy (non-hydrogen) atoms. The largest absolute Gasteiger partial charge is 0.296 e. The minimum Gasteiger partial charge on any atom is -0.296 e. The van der Waals surface area contributed by atoms with Gasteiger partial charge in [-0.15, -0.1) is 10.2 Å². The summed E-state index contributed by atoms with van der Waals surface area (Å²) in [6.45, 7) is 4.09. The number of nitrogens with one attached hydrogen (secondary N) is 1. The molecule has 0 aliphatic carbocycles. The van der Waals surface area contributed by atoms with Crippen LogP contribution in [0.5, 0.6) is 0 Å². The van der Waals surface area contributed by atoms with Crippen LogP contribution in [0.15, 0.2) is 30.3 Å². The molecule has 0 spiro atoms. The highest BCUT2D eigenvalue weighted by molar-refractivity contribution is 7.15. The predicted molar refractivity (Wildman–Crippen MR) is 68.4 cm³/mol. The van der Waals surface area contributed by atoms with E-state index in [1.54, 1.807) is 12.1 Å². The van der Waals surface area contributed by atoms with Crippen molar-refractivity contribution in [2.75, 3.05) is 5.32 Å². The zero-order valence-corrected chi connectivity index (χ0v) is 10.5. The Morgan fingerprint density at radius 2 is 1.94 bits per heavy atom. The van der Waals surface area contributed by atoms with Gasteiger partial charge < -0.3 is 0 Å². The van der Waals surface area contributed by atoms with Crippen LogP contribution < -0.4 is 5.32 Å². The van der Waals surface area contributed by atoms with Gasteiger partial charge in [0.25, 0.3) is 5.91 Å². The number of nitrogens with zero attached hydrogens (tertiary/aromatic N) is 2. The van der Waals surface area contributed by atoms with Crippen LogP contribution in [0.4, 0.5) is 5.13 Å². The number of aromatic nitrogens is 2. The van der Waals surface area contributed by atoms with E-state index >= 15 is 0 Å². The zero-order valence-electron chi connectivity index (χ0n) is 9.68. The molecule has 1 heterocycles. The number of carbonyl (C=O) groups excluding carboxylic acids is 1. The molecule has 0 saturated carbocycles. The molecular weight excluding hydrogens is 234 g/mol. The van der Waals surface area contributed by atoms with Crippen LogP contribution >= 0.6 is 11.3 Å². The Hall–Kier alpha value is -1.75. The quantitative estimate of drug-likeness (QED) is 0.907. The maximum absolute atomic E-state index is 11.8. The molecule has 4 nitrogen and oxygen atoms in total. The minimum absolute atomic E-state index is 0.156. The van der Waals surface area contributed by atoms with Crippen LogP contribution in [0, 0.1) is 0 Å². The standard InChI is InChI=1S/C12H13N3OS/c1-8(2)11-14-15-12(17-11)13-10(16)9-6-4-3-5-7-9/h3-8H,1-2H3,(H,13,15,16). The Morgan fingerprint density at radius 3 is 2.53 bits per heavy atom. The smallest absolute Gasteiger partial charge is 0.257 e. The molecule has 2 rings (SSSR count). The van der Waals surface area contributed by atoms with Gasteiger partial charge in [-0.3, -0.25) is 10.1 Å². The van der Waals surface area contributed by atoms with E-state index in [1.165, 1.54) is 11.3 Å². The topological polar surface area (TPSA) is 54.9 Å². The van der Waals surface area contributed by atoms with Crippen molar-refractivity contribution in [2.45, 2.75) is 19.8 Å². The van der Waals surface area contributed by atoms with Crippen molar-refractivity contribution < 1.29 is 4.79 Å². The van der Waals surface area contributed by atoms with Crippen LogP contribution in [0.2, 0.25) is 0 Å². The predicted octanol–water partition coefficient (Wildman–Crippen LogP) is 2.91. The first-order valence-electron chi connectivity index (χ1n) is 5.36. The molecule has 0 aliphatic heterocycles. The Bertz CT molecular complexity index is 507. The first-order chi connectivity index (χ1) is 8.16. The van der Waals surface area contributed by atoms with E-state index in [0.29, 0.717) is 16.6 Å². The van der Waals surface area contributed by atoms with Crippen molar-refractivity contribution in [3.8, 4) is 0 Å². The van der Waals surface area contributed by atoms with Crippen molar-refractivity contribution in [1.82, 2.24) is 10.2 Å². The van der Waals surface area contributed by atoms with Gasteiger partial charge in [-0.2, -0.15) is 0 Å². The SMILES string of the molecule is CC(C)c1nnc(NC(=O)c2ccccc2)s1.